The highest BCUT2D eigenvalue weighted by atomic mass is 15.2. The van der Waals surface area contributed by atoms with E-state index in [1.165, 1.54) is 24.9 Å². The number of benzene rings is 3. The molecule has 0 aliphatic carbocycles. The summed E-state index contributed by atoms with van der Waals surface area (Å²) < 4.78 is 1.84. The molecule has 33 heavy (non-hydrogen) atoms. The molecule has 0 amide bonds. The fraction of sp³-hybridized carbons (Fsp3) is 0.179. The normalized spacial score (nSPS) is 14.0. The van der Waals surface area contributed by atoms with Crippen LogP contribution in [0.2, 0.25) is 0 Å². The van der Waals surface area contributed by atoms with Crippen LogP contribution in [0.5, 0.6) is 0 Å². The van der Waals surface area contributed by atoms with Gasteiger partial charge in [-0.1, -0.05) is 42.5 Å². The minimum absolute atomic E-state index is 0.675. The summed E-state index contributed by atoms with van der Waals surface area (Å²) in [5.41, 5.74) is 6.93. The Labute approximate surface area is 192 Å². The monoisotopic (exact) mass is 429 g/mol. The molecule has 0 N–H and O–H groups in total. The lowest BCUT2D eigenvalue weighted by Crippen LogP contribution is -2.29. The van der Waals surface area contributed by atoms with Crippen LogP contribution in [0, 0.1) is 11.3 Å². The summed E-state index contributed by atoms with van der Waals surface area (Å²) >= 11 is 0. The number of nitriles is 1. The predicted molar refractivity (Wildman–Crippen MR) is 132 cm³/mol. The Morgan fingerprint density at radius 2 is 1.55 bits per heavy atom. The van der Waals surface area contributed by atoms with E-state index < -0.39 is 0 Å². The van der Waals surface area contributed by atoms with Gasteiger partial charge in [0.25, 0.3) is 0 Å². The first-order valence-electron chi connectivity index (χ1n) is 11.4. The second-order valence-electron chi connectivity index (χ2n) is 8.58. The zero-order valence-corrected chi connectivity index (χ0v) is 18.3. The van der Waals surface area contributed by atoms with Crippen molar-refractivity contribution >= 4 is 22.1 Å². The third-order valence-corrected chi connectivity index (χ3v) is 6.61. The molecule has 0 radical (unpaired) electrons. The van der Waals surface area contributed by atoms with Gasteiger partial charge in [-0.3, -0.25) is 0 Å². The van der Waals surface area contributed by atoms with Crippen LogP contribution in [0.15, 0.2) is 79.3 Å². The largest absolute Gasteiger partial charge is 0.372 e. The van der Waals surface area contributed by atoms with Crippen molar-refractivity contribution in [2.24, 2.45) is 0 Å². The summed E-state index contributed by atoms with van der Waals surface area (Å²) in [5, 5.41) is 16.1. The molecule has 5 aromatic rings. The minimum Gasteiger partial charge on any atom is -0.372 e. The fourth-order valence-corrected chi connectivity index (χ4v) is 4.86. The van der Waals surface area contributed by atoms with E-state index in [0.717, 1.165) is 51.8 Å². The molecule has 2 aromatic heterocycles. The molecular weight excluding hydrogens is 406 g/mol. The van der Waals surface area contributed by atoms with Gasteiger partial charge < -0.3 is 4.90 Å². The second kappa shape index (κ2) is 8.07. The van der Waals surface area contributed by atoms with Gasteiger partial charge in [0.05, 0.1) is 17.8 Å². The summed E-state index contributed by atoms with van der Waals surface area (Å²) in [6, 6.07) is 22.9. The molecule has 1 fully saturated rings. The average Bonchev–Trinajstić information content (AvgIpc) is 3.32. The van der Waals surface area contributed by atoms with Gasteiger partial charge in [0.2, 0.25) is 0 Å². The van der Waals surface area contributed by atoms with Gasteiger partial charge in [-0.2, -0.15) is 10.4 Å². The molecule has 0 unspecified atom stereocenters. The number of anilines is 1. The topological polar surface area (TPSA) is 57.2 Å². The summed E-state index contributed by atoms with van der Waals surface area (Å²) in [6.45, 7) is 2.29. The van der Waals surface area contributed by atoms with Crippen LogP contribution in [-0.4, -0.2) is 27.7 Å². The van der Waals surface area contributed by atoms with E-state index >= 15 is 0 Å². The molecule has 160 valence electrons. The number of piperidine rings is 1. The summed E-state index contributed by atoms with van der Waals surface area (Å²) in [7, 11) is 0. The lowest BCUT2D eigenvalue weighted by molar-refractivity contribution is 0.578. The molecule has 3 aromatic carbocycles. The number of rotatable bonds is 3. The first-order valence-corrected chi connectivity index (χ1v) is 11.4. The Bertz CT molecular complexity index is 1500. The van der Waals surface area contributed by atoms with Gasteiger partial charge in [0, 0.05) is 47.7 Å². The van der Waals surface area contributed by atoms with Gasteiger partial charge in [-0.15, -0.1) is 0 Å². The fourth-order valence-electron chi connectivity index (χ4n) is 4.86. The van der Waals surface area contributed by atoms with Gasteiger partial charge in [0.1, 0.15) is 0 Å². The zero-order chi connectivity index (χ0) is 22.2. The van der Waals surface area contributed by atoms with Crippen molar-refractivity contribution < 1.29 is 0 Å². The lowest BCUT2D eigenvalue weighted by Gasteiger charge is -2.28. The van der Waals surface area contributed by atoms with Crippen molar-refractivity contribution in [2.75, 3.05) is 18.0 Å². The summed E-state index contributed by atoms with van der Waals surface area (Å²) in [6.07, 6.45) is 9.70. The van der Waals surface area contributed by atoms with Gasteiger partial charge in [-0.25, -0.2) is 9.50 Å². The third kappa shape index (κ3) is 3.41. The number of fused-ring (bicyclic) bond motifs is 2. The Kier molecular flexibility index (Phi) is 4.77. The van der Waals surface area contributed by atoms with Crippen LogP contribution in [-0.2, 0) is 0 Å². The van der Waals surface area contributed by atoms with E-state index in [1.54, 1.807) is 0 Å². The van der Waals surface area contributed by atoms with E-state index in [0.29, 0.717) is 5.56 Å². The van der Waals surface area contributed by atoms with E-state index in [4.69, 9.17) is 4.98 Å². The summed E-state index contributed by atoms with van der Waals surface area (Å²) in [4.78, 5) is 7.25. The first kappa shape index (κ1) is 19.5. The molecule has 1 aliphatic rings. The van der Waals surface area contributed by atoms with Crippen LogP contribution >= 0.6 is 0 Å². The van der Waals surface area contributed by atoms with E-state index in [-0.39, 0.29) is 0 Å². The SMILES string of the molecule is N#Cc1ccc(-c2cnn3cc(-c4ccc(N5CCCCC5)cc4)cnc23)c2ccccc12. The highest BCUT2D eigenvalue weighted by Gasteiger charge is 2.14. The Hall–Kier alpha value is -4.17. The number of hydrogen-bond acceptors (Lipinski definition) is 4. The van der Waals surface area contributed by atoms with E-state index in [2.05, 4.69) is 40.3 Å². The minimum atomic E-state index is 0.675. The molecular formula is C28H23N5. The molecule has 0 atom stereocenters. The van der Waals surface area contributed by atoms with Gasteiger partial charge in [-0.05, 0) is 54.0 Å². The molecule has 1 saturated heterocycles. The van der Waals surface area contributed by atoms with Gasteiger partial charge >= 0.3 is 0 Å². The quantitative estimate of drug-likeness (QED) is 0.349. The van der Waals surface area contributed by atoms with Crippen molar-refractivity contribution in [3.05, 3.63) is 84.8 Å². The maximum atomic E-state index is 9.48. The Balaban J connectivity index is 1.37. The maximum absolute atomic E-state index is 9.48. The Morgan fingerprint density at radius 1 is 0.758 bits per heavy atom. The van der Waals surface area contributed by atoms with Crippen molar-refractivity contribution in [1.29, 1.82) is 5.26 Å². The number of nitrogens with zero attached hydrogens (tertiary/aromatic N) is 5. The van der Waals surface area contributed by atoms with E-state index in [1.807, 2.05) is 59.5 Å². The van der Waals surface area contributed by atoms with Crippen molar-refractivity contribution in [3.63, 3.8) is 0 Å². The molecule has 3 heterocycles. The molecule has 1 aliphatic heterocycles. The molecule has 5 heteroatoms. The number of aromatic nitrogens is 3. The van der Waals surface area contributed by atoms with Crippen molar-refractivity contribution in [2.45, 2.75) is 19.3 Å². The van der Waals surface area contributed by atoms with Crippen LogP contribution in [0.25, 0.3) is 38.7 Å². The predicted octanol–water partition coefficient (Wildman–Crippen LogP) is 6.08. The highest BCUT2D eigenvalue weighted by molar-refractivity contribution is 6.02. The van der Waals surface area contributed by atoms with E-state index in [9.17, 15) is 5.26 Å². The standard InChI is InChI=1S/C28H23N5/c29-16-21-10-13-26(25-7-3-2-6-24(21)25)27-18-31-33-19-22(17-30-28(27)33)20-8-11-23(12-9-20)32-14-4-1-5-15-32/h2-3,6-13,17-19H,1,4-5,14-15H2. The molecule has 0 spiro atoms. The highest BCUT2D eigenvalue weighted by Crippen LogP contribution is 2.33. The third-order valence-electron chi connectivity index (χ3n) is 6.61. The maximum Gasteiger partial charge on any atom is 0.162 e. The zero-order valence-electron chi connectivity index (χ0n) is 18.3. The van der Waals surface area contributed by atoms with Crippen molar-refractivity contribution in [3.8, 4) is 28.3 Å². The lowest BCUT2D eigenvalue weighted by atomic mass is 9.97. The second-order valence-corrected chi connectivity index (χ2v) is 8.58. The molecule has 5 nitrogen and oxygen atoms in total. The van der Waals surface area contributed by atoms with Gasteiger partial charge in [0.15, 0.2) is 5.65 Å². The van der Waals surface area contributed by atoms with Crippen LogP contribution < -0.4 is 4.90 Å². The average molecular weight is 430 g/mol. The molecule has 0 bridgehead atoms. The summed E-state index contributed by atoms with van der Waals surface area (Å²) in [5.74, 6) is 0. The number of hydrogen-bond donors (Lipinski definition) is 0. The molecule has 0 saturated carbocycles. The first-order chi connectivity index (χ1) is 16.3. The van der Waals surface area contributed by atoms with Crippen LogP contribution in [0.4, 0.5) is 5.69 Å². The van der Waals surface area contributed by atoms with Crippen molar-refractivity contribution in [1.82, 2.24) is 14.6 Å². The Morgan fingerprint density at radius 3 is 2.33 bits per heavy atom. The smallest absolute Gasteiger partial charge is 0.162 e. The van der Waals surface area contributed by atoms with Crippen LogP contribution in [0.1, 0.15) is 24.8 Å². The van der Waals surface area contributed by atoms with Crippen LogP contribution in [0.3, 0.4) is 0 Å². The molecule has 6 rings (SSSR count).